The van der Waals surface area contributed by atoms with Crippen LogP contribution in [0.5, 0.6) is 0 Å². The molecule has 0 radical (unpaired) electrons. The maximum atomic E-state index is 13.3. The third-order valence-electron chi connectivity index (χ3n) is 3.44. The highest BCUT2D eigenvalue weighted by Gasteiger charge is 2.12. The molecule has 0 heterocycles. The molecular formula is C17H17BrFN3OS. The number of halogens is 2. The first-order chi connectivity index (χ1) is 11.4. The predicted molar refractivity (Wildman–Crippen MR) is 101 cm³/mol. The summed E-state index contributed by atoms with van der Waals surface area (Å²) < 4.78 is 13.8. The standard InChI is InChI=1S/C17H17BrFN3OS/c1-3-11-6-4-5-10(2)15(11)20-17(24)22-21-16(23)13-9-12(19)7-8-14(13)18/h4-9H,3H2,1-2H3,(H,21,23)(H2,20,22,24). The number of thiocarbonyl (C=S) groups is 1. The van der Waals surface area contributed by atoms with Gasteiger partial charge in [0, 0.05) is 10.2 Å². The second kappa shape index (κ2) is 8.21. The fourth-order valence-corrected chi connectivity index (χ4v) is 2.78. The number of para-hydroxylation sites is 1. The van der Waals surface area contributed by atoms with Gasteiger partial charge in [0.15, 0.2) is 5.11 Å². The minimum atomic E-state index is -0.494. The molecule has 0 saturated heterocycles. The van der Waals surface area contributed by atoms with E-state index in [1.165, 1.54) is 12.1 Å². The van der Waals surface area contributed by atoms with E-state index in [4.69, 9.17) is 12.2 Å². The molecule has 0 unspecified atom stereocenters. The summed E-state index contributed by atoms with van der Waals surface area (Å²) in [5, 5.41) is 3.33. The highest BCUT2D eigenvalue weighted by Crippen LogP contribution is 2.21. The van der Waals surface area contributed by atoms with E-state index >= 15 is 0 Å². The van der Waals surface area contributed by atoms with Crippen molar-refractivity contribution in [2.45, 2.75) is 20.3 Å². The van der Waals surface area contributed by atoms with E-state index in [2.05, 4.69) is 39.0 Å². The molecule has 0 atom stereocenters. The average molecular weight is 410 g/mol. The number of aryl methyl sites for hydroxylation is 2. The van der Waals surface area contributed by atoms with E-state index in [9.17, 15) is 9.18 Å². The fourth-order valence-electron chi connectivity index (χ4n) is 2.20. The Kier molecular flexibility index (Phi) is 6.28. The van der Waals surface area contributed by atoms with Gasteiger partial charge in [-0.05, 0) is 70.8 Å². The third-order valence-corrected chi connectivity index (χ3v) is 4.34. The van der Waals surface area contributed by atoms with Crippen LogP contribution in [0.2, 0.25) is 0 Å². The molecule has 4 nitrogen and oxygen atoms in total. The van der Waals surface area contributed by atoms with E-state index in [1.807, 2.05) is 25.1 Å². The minimum Gasteiger partial charge on any atom is -0.331 e. The normalized spacial score (nSPS) is 10.2. The van der Waals surface area contributed by atoms with Gasteiger partial charge >= 0.3 is 0 Å². The summed E-state index contributed by atoms with van der Waals surface area (Å²) in [6, 6.07) is 9.87. The molecule has 0 fully saturated rings. The number of amides is 1. The Hall–Kier alpha value is -1.99. The summed E-state index contributed by atoms with van der Waals surface area (Å²) in [5.41, 5.74) is 8.36. The van der Waals surface area contributed by atoms with Crippen molar-refractivity contribution in [1.82, 2.24) is 10.9 Å². The second-order valence-electron chi connectivity index (χ2n) is 5.12. The van der Waals surface area contributed by atoms with E-state index < -0.39 is 11.7 Å². The lowest BCUT2D eigenvalue weighted by molar-refractivity contribution is 0.0943. The van der Waals surface area contributed by atoms with Gasteiger partial charge < -0.3 is 5.32 Å². The maximum absolute atomic E-state index is 13.3. The van der Waals surface area contributed by atoms with Crippen LogP contribution in [-0.4, -0.2) is 11.0 Å². The smallest absolute Gasteiger partial charge is 0.270 e. The predicted octanol–water partition coefficient (Wildman–Crippen LogP) is 4.09. The van der Waals surface area contributed by atoms with Crippen molar-refractivity contribution in [1.29, 1.82) is 0 Å². The van der Waals surface area contributed by atoms with Gasteiger partial charge in [0.05, 0.1) is 5.56 Å². The number of benzene rings is 2. The summed E-state index contributed by atoms with van der Waals surface area (Å²) >= 11 is 8.42. The molecule has 0 aromatic heterocycles. The molecule has 0 saturated carbocycles. The number of carbonyl (C=O) groups is 1. The van der Waals surface area contributed by atoms with Crippen molar-refractivity contribution >= 4 is 44.9 Å². The Bertz CT molecular complexity index is 782. The number of hydrogen-bond donors (Lipinski definition) is 3. The molecule has 0 spiro atoms. The Morgan fingerprint density at radius 1 is 1.25 bits per heavy atom. The minimum absolute atomic E-state index is 0.176. The summed E-state index contributed by atoms with van der Waals surface area (Å²) in [6.07, 6.45) is 0.856. The Morgan fingerprint density at radius 3 is 2.71 bits per heavy atom. The first kappa shape index (κ1) is 18.4. The van der Waals surface area contributed by atoms with Crippen molar-refractivity contribution in [2.24, 2.45) is 0 Å². The van der Waals surface area contributed by atoms with Crippen LogP contribution in [0.3, 0.4) is 0 Å². The molecule has 3 N–H and O–H groups in total. The maximum Gasteiger partial charge on any atom is 0.270 e. The first-order valence-corrected chi connectivity index (χ1v) is 8.53. The molecule has 7 heteroatoms. The first-order valence-electron chi connectivity index (χ1n) is 7.33. The van der Waals surface area contributed by atoms with Gasteiger partial charge in [0.2, 0.25) is 0 Å². The zero-order valence-electron chi connectivity index (χ0n) is 13.2. The summed E-state index contributed by atoms with van der Waals surface area (Å²) in [7, 11) is 0. The molecule has 0 aliphatic heterocycles. The van der Waals surface area contributed by atoms with E-state index in [0.29, 0.717) is 4.47 Å². The lowest BCUT2D eigenvalue weighted by Crippen LogP contribution is -2.44. The molecule has 1 amide bonds. The van der Waals surface area contributed by atoms with Crippen LogP contribution in [0.25, 0.3) is 0 Å². The van der Waals surface area contributed by atoms with Crippen molar-refractivity contribution in [3.05, 3.63) is 63.4 Å². The van der Waals surface area contributed by atoms with Gasteiger partial charge in [0.25, 0.3) is 5.91 Å². The average Bonchev–Trinajstić information content (AvgIpc) is 2.56. The van der Waals surface area contributed by atoms with Crippen LogP contribution in [-0.2, 0) is 6.42 Å². The van der Waals surface area contributed by atoms with Gasteiger partial charge in [-0.15, -0.1) is 0 Å². The Balaban J connectivity index is 2.01. The topological polar surface area (TPSA) is 53.2 Å². The van der Waals surface area contributed by atoms with Crippen LogP contribution >= 0.6 is 28.1 Å². The molecular weight excluding hydrogens is 393 g/mol. The second-order valence-corrected chi connectivity index (χ2v) is 6.38. The third kappa shape index (κ3) is 4.52. The molecule has 2 aromatic carbocycles. The van der Waals surface area contributed by atoms with Crippen molar-refractivity contribution in [3.63, 3.8) is 0 Å². The van der Waals surface area contributed by atoms with Crippen molar-refractivity contribution in [2.75, 3.05) is 5.32 Å². The lowest BCUT2D eigenvalue weighted by Gasteiger charge is -2.16. The van der Waals surface area contributed by atoms with E-state index in [-0.39, 0.29) is 10.7 Å². The van der Waals surface area contributed by atoms with Gasteiger partial charge in [-0.25, -0.2) is 4.39 Å². The quantitative estimate of drug-likeness (QED) is 0.527. The zero-order valence-corrected chi connectivity index (χ0v) is 15.6. The van der Waals surface area contributed by atoms with Gasteiger partial charge in [-0.3, -0.25) is 15.6 Å². The molecule has 0 bridgehead atoms. The Morgan fingerprint density at radius 2 is 2.00 bits per heavy atom. The Labute approximate surface area is 153 Å². The number of nitrogens with one attached hydrogen (secondary N) is 3. The molecule has 24 heavy (non-hydrogen) atoms. The van der Waals surface area contributed by atoms with Crippen LogP contribution in [0.1, 0.15) is 28.4 Å². The van der Waals surface area contributed by atoms with Crippen LogP contribution in [0, 0.1) is 12.7 Å². The highest BCUT2D eigenvalue weighted by molar-refractivity contribution is 9.10. The highest BCUT2D eigenvalue weighted by atomic mass is 79.9. The number of anilines is 1. The summed E-state index contributed by atoms with van der Waals surface area (Å²) in [5.74, 6) is -0.984. The van der Waals surface area contributed by atoms with Crippen LogP contribution in [0.15, 0.2) is 40.9 Å². The van der Waals surface area contributed by atoms with Gasteiger partial charge in [-0.1, -0.05) is 25.1 Å². The lowest BCUT2D eigenvalue weighted by atomic mass is 10.1. The SMILES string of the molecule is CCc1cccc(C)c1NC(=S)NNC(=O)c1cc(F)ccc1Br. The van der Waals surface area contributed by atoms with Crippen molar-refractivity contribution < 1.29 is 9.18 Å². The largest absolute Gasteiger partial charge is 0.331 e. The number of carbonyl (C=O) groups excluding carboxylic acids is 1. The molecule has 0 aliphatic carbocycles. The monoisotopic (exact) mass is 409 g/mol. The van der Waals surface area contributed by atoms with Crippen LogP contribution in [0.4, 0.5) is 10.1 Å². The number of rotatable bonds is 3. The molecule has 126 valence electrons. The zero-order chi connectivity index (χ0) is 17.7. The molecule has 2 rings (SSSR count). The fraction of sp³-hybridized carbons (Fsp3) is 0.176. The summed E-state index contributed by atoms with van der Waals surface area (Å²) in [6.45, 7) is 4.03. The summed E-state index contributed by atoms with van der Waals surface area (Å²) in [4.78, 5) is 12.1. The van der Waals surface area contributed by atoms with E-state index in [1.54, 1.807) is 0 Å². The van der Waals surface area contributed by atoms with Gasteiger partial charge in [-0.2, -0.15) is 0 Å². The molecule has 2 aromatic rings. The number of hydrogen-bond acceptors (Lipinski definition) is 2. The van der Waals surface area contributed by atoms with E-state index in [0.717, 1.165) is 29.3 Å². The van der Waals surface area contributed by atoms with Crippen LogP contribution < -0.4 is 16.2 Å². The number of hydrazine groups is 1. The van der Waals surface area contributed by atoms with Gasteiger partial charge in [0.1, 0.15) is 5.82 Å². The molecule has 0 aliphatic rings. The van der Waals surface area contributed by atoms with Crippen molar-refractivity contribution in [3.8, 4) is 0 Å².